The van der Waals surface area contributed by atoms with E-state index in [0.717, 1.165) is 23.1 Å². The fourth-order valence-electron chi connectivity index (χ4n) is 2.08. The van der Waals surface area contributed by atoms with Crippen LogP contribution in [-0.2, 0) is 9.59 Å². The van der Waals surface area contributed by atoms with E-state index in [4.69, 9.17) is 0 Å². The lowest BCUT2D eigenvalue weighted by molar-refractivity contribution is -0.138. The van der Waals surface area contributed by atoms with Gasteiger partial charge in [-0.05, 0) is 24.6 Å². The van der Waals surface area contributed by atoms with Crippen LogP contribution in [0.4, 0.5) is 8.78 Å². The van der Waals surface area contributed by atoms with E-state index >= 15 is 0 Å². The second kappa shape index (κ2) is 5.36. The molecule has 1 N–H and O–H groups in total. The van der Waals surface area contributed by atoms with E-state index in [-0.39, 0.29) is 12.1 Å². The number of hydrogen-bond donors (Lipinski definition) is 1. The normalized spacial score (nSPS) is 18.9. The van der Waals surface area contributed by atoms with Gasteiger partial charge in [0, 0.05) is 5.56 Å². The number of piperazine rings is 1. The largest absolute Gasteiger partial charge is 0.317 e. The second-order valence-electron chi connectivity index (χ2n) is 4.40. The van der Waals surface area contributed by atoms with E-state index in [2.05, 4.69) is 5.32 Å². The second-order valence-corrected chi connectivity index (χ2v) is 4.40. The Labute approximate surface area is 113 Å². The molecule has 20 heavy (non-hydrogen) atoms. The third-order valence-electron chi connectivity index (χ3n) is 3.07. The maximum Gasteiger partial charge on any atom is 0.255 e. The molecule has 106 valence electrons. The summed E-state index contributed by atoms with van der Waals surface area (Å²) in [5, 5.41) is 2.13. The minimum absolute atomic E-state index is 0.107. The molecule has 3 amide bonds. The maximum atomic E-state index is 13.1. The zero-order valence-electron chi connectivity index (χ0n) is 10.7. The number of imide groups is 1. The summed E-state index contributed by atoms with van der Waals surface area (Å²) < 4.78 is 26.0. The highest BCUT2D eigenvalue weighted by Crippen LogP contribution is 2.16. The number of nitrogens with zero attached hydrogens (tertiary/aromatic N) is 1. The average Bonchev–Trinajstić information content (AvgIpc) is 2.40. The monoisotopic (exact) mass is 282 g/mol. The first-order valence-electron chi connectivity index (χ1n) is 6.03. The molecular formula is C13H12F2N2O3. The van der Waals surface area contributed by atoms with Crippen LogP contribution in [0.3, 0.4) is 0 Å². The van der Waals surface area contributed by atoms with Gasteiger partial charge >= 0.3 is 0 Å². The zero-order chi connectivity index (χ0) is 14.9. The molecule has 0 saturated carbocycles. The molecule has 1 unspecified atom stereocenters. The number of benzene rings is 1. The molecule has 5 nitrogen and oxygen atoms in total. The van der Waals surface area contributed by atoms with Gasteiger partial charge in [0.15, 0.2) is 11.6 Å². The first-order valence-corrected chi connectivity index (χ1v) is 6.03. The van der Waals surface area contributed by atoms with E-state index in [1.54, 1.807) is 6.92 Å². The minimum Gasteiger partial charge on any atom is -0.317 e. The third-order valence-corrected chi connectivity index (χ3v) is 3.07. The van der Waals surface area contributed by atoms with Crippen molar-refractivity contribution >= 4 is 17.7 Å². The van der Waals surface area contributed by atoms with Crippen LogP contribution in [0, 0.1) is 11.6 Å². The van der Waals surface area contributed by atoms with Crippen LogP contribution in [0.5, 0.6) is 0 Å². The van der Waals surface area contributed by atoms with E-state index in [1.165, 1.54) is 0 Å². The average molecular weight is 282 g/mol. The van der Waals surface area contributed by atoms with E-state index in [1.807, 2.05) is 0 Å². The van der Waals surface area contributed by atoms with E-state index in [9.17, 15) is 23.2 Å². The smallest absolute Gasteiger partial charge is 0.255 e. The van der Waals surface area contributed by atoms with Crippen molar-refractivity contribution in [3.63, 3.8) is 0 Å². The number of halogens is 2. The summed E-state index contributed by atoms with van der Waals surface area (Å²) in [6.07, 6.45) is 0.314. The number of carbonyl (C=O) groups is 3. The van der Waals surface area contributed by atoms with Gasteiger partial charge < -0.3 is 4.90 Å². The lowest BCUT2D eigenvalue weighted by Crippen LogP contribution is -2.59. The van der Waals surface area contributed by atoms with Crippen LogP contribution < -0.4 is 5.32 Å². The molecule has 1 aliphatic heterocycles. The van der Waals surface area contributed by atoms with Gasteiger partial charge in [-0.1, -0.05) is 6.92 Å². The van der Waals surface area contributed by atoms with E-state index < -0.39 is 35.4 Å². The molecule has 1 aromatic rings. The fraction of sp³-hybridized carbons (Fsp3) is 0.308. The highest BCUT2D eigenvalue weighted by molar-refractivity contribution is 6.07. The van der Waals surface area contributed by atoms with Crippen molar-refractivity contribution in [1.29, 1.82) is 0 Å². The van der Waals surface area contributed by atoms with Crippen LogP contribution in [0.15, 0.2) is 18.2 Å². The molecule has 1 fully saturated rings. The molecule has 7 heteroatoms. The van der Waals surface area contributed by atoms with E-state index in [0.29, 0.717) is 6.42 Å². The summed E-state index contributed by atoms with van der Waals surface area (Å²) in [6, 6.07) is 1.90. The topological polar surface area (TPSA) is 66.5 Å². The first-order chi connectivity index (χ1) is 9.43. The van der Waals surface area contributed by atoms with Gasteiger partial charge in [-0.3, -0.25) is 19.7 Å². The first kappa shape index (κ1) is 14.1. The number of hydrogen-bond acceptors (Lipinski definition) is 3. The Bertz CT molecular complexity index is 589. The number of rotatable bonds is 2. The maximum absolute atomic E-state index is 13.1. The molecule has 1 heterocycles. The van der Waals surface area contributed by atoms with Crippen LogP contribution in [-0.4, -0.2) is 35.2 Å². The van der Waals surface area contributed by atoms with Gasteiger partial charge in [0.1, 0.15) is 12.6 Å². The molecule has 0 aromatic heterocycles. The van der Waals surface area contributed by atoms with Crippen LogP contribution in [0.2, 0.25) is 0 Å². The van der Waals surface area contributed by atoms with Crippen LogP contribution in [0.25, 0.3) is 0 Å². The van der Waals surface area contributed by atoms with Crippen molar-refractivity contribution < 1.29 is 23.2 Å². The van der Waals surface area contributed by atoms with Crippen molar-refractivity contribution in [2.75, 3.05) is 6.54 Å². The standard InChI is InChI=1S/C13H12F2N2O3/c1-2-10-12(19)16-11(18)6-17(10)13(20)7-3-4-8(14)9(15)5-7/h3-5,10H,2,6H2,1H3,(H,16,18,19). The highest BCUT2D eigenvalue weighted by atomic mass is 19.2. The minimum atomic E-state index is -1.16. The highest BCUT2D eigenvalue weighted by Gasteiger charge is 2.36. The predicted molar refractivity (Wildman–Crippen MR) is 64.6 cm³/mol. The summed E-state index contributed by atoms with van der Waals surface area (Å²) in [5.74, 6) is -4.08. The van der Waals surface area contributed by atoms with Gasteiger partial charge in [0.25, 0.3) is 5.91 Å². The quantitative estimate of drug-likeness (QED) is 0.817. The molecule has 1 aromatic carbocycles. The van der Waals surface area contributed by atoms with Crippen molar-refractivity contribution in [3.05, 3.63) is 35.4 Å². The molecule has 1 saturated heterocycles. The number of amides is 3. The Kier molecular flexibility index (Phi) is 3.78. The zero-order valence-corrected chi connectivity index (χ0v) is 10.7. The van der Waals surface area contributed by atoms with Crippen molar-refractivity contribution in [2.24, 2.45) is 0 Å². The Hall–Kier alpha value is -2.31. The molecule has 0 bridgehead atoms. The lowest BCUT2D eigenvalue weighted by atomic mass is 10.1. The molecule has 0 spiro atoms. The summed E-state index contributed by atoms with van der Waals surface area (Å²) in [6.45, 7) is 1.40. The molecule has 0 aliphatic carbocycles. The Morgan fingerprint density at radius 1 is 1.35 bits per heavy atom. The Balaban J connectivity index is 2.32. The molecular weight excluding hydrogens is 270 g/mol. The summed E-state index contributed by atoms with van der Waals surface area (Å²) in [4.78, 5) is 36.3. The summed E-state index contributed by atoms with van der Waals surface area (Å²) in [7, 11) is 0. The number of nitrogens with one attached hydrogen (secondary N) is 1. The van der Waals surface area contributed by atoms with Crippen LogP contribution in [0.1, 0.15) is 23.7 Å². The summed E-state index contributed by atoms with van der Waals surface area (Å²) >= 11 is 0. The Morgan fingerprint density at radius 3 is 2.65 bits per heavy atom. The molecule has 1 aliphatic rings. The lowest BCUT2D eigenvalue weighted by Gasteiger charge is -2.33. The van der Waals surface area contributed by atoms with Crippen molar-refractivity contribution in [1.82, 2.24) is 10.2 Å². The molecule has 0 radical (unpaired) electrons. The van der Waals surface area contributed by atoms with Gasteiger partial charge in [-0.25, -0.2) is 8.78 Å². The summed E-state index contributed by atoms with van der Waals surface area (Å²) in [5.41, 5.74) is -0.107. The molecule has 2 rings (SSSR count). The van der Waals surface area contributed by atoms with Gasteiger partial charge in [-0.15, -0.1) is 0 Å². The molecule has 1 atom stereocenters. The number of carbonyl (C=O) groups excluding carboxylic acids is 3. The fourth-order valence-corrected chi connectivity index (χ4v) is 2.08. The SMILES string of the molecule is CCC1C(=O)NC(=O)CN1C(=O)c1ccc(F)c(F)c1. The van der Waals surface area contributed by atoms with Gasteiger partial charge in [-0.2, -0.15) is 0 Å². The van der Waals surface area contributed by atoms with Crippen molar-refractivity contribution in [2.45, 2.75) is 19.4 Å². The third kappa shape index (κ3) is 2.52. The predicted octanol–water partition coefficient (Wildman–Crippen LogP) is 0.842. The van der Waals surface area contributed by atoms with Crippen LogP contribution >= 0.6 is 0 Å². The Morgan fingerprint density at radius 2 is 2.05 bits per heavy atom. The van der Waals surface area contributed by atoms with Gasteiger partial charge in [0.05, 0.1) is 0 Å². The van der Waals surface area contributed by atoms with Crippen molar-refractivity contribution in [3.8, 4) is 0 Å². The van der Waals surface area contributed by atoms with Gasteiger partial charge in [0.2, 0.25) is 11.8 Å².